The van der Waals surface area contributed by atoms with E-state index in [9.17, 15) is 9.18 Å². The predicted molar refractivity (Wildman–Crippen MR) is 153 cm³/mol. The molecule has 0 aliphatic heterocycles. The Hall–Kier alpha value is -4.78. The fraction of sp³-hybridized carbons (Fsp3) is 0.345. The smallest absolute Gasteiger partial charge is 0.252 e. The molecule has 1 aliphatic carbocycles. The third kappa shape index (κ3) is 6.74. The number of ether oxygens (including phenoxy) is 1. The zero-order chi connectivity index (χ0) is 29.5. The second-order valence-corrected chi connectivity index (χ2v) is 10.3. The molecule has 12 nitrogen and oxygen atoms in total. The van der Waals surface area contributed by atoms with Crippen LogP contribution in [0.4, 0.5) is 16.0 Å². The first kappa shape index (κ1) is 28.7. The molecule has 4 aromatic heterocycles. The number of methoxy groups -OCH3 is 1. The number of halogens is 1. The normalized spacial score (nSPS) is 19.0. The quantitative estimate of drug-likeness (QED) is 0.279. The van der Waals surface area contributed by atoms with Gasteiger partial charge in [-0.3, -0.25) is 9.89 Å². The van der Waals surface area contributed by atoms with Gasteiger partial charge in [0.25, 0.3) is 5.91 Å². The van der Waals surface area contributed by atoms with Crippen LogP contribution in [0, 0.1) is 12.7 Å². The number of nitrogens with zero attached hydrogens (tertiary/aromatic N) is 7. The molecule has 4 aromatic rings. The van der Waals surface area contributed by atoms with E-state index in [1.165, 1.54) is 10.9 Å². The van der Waals surface area contributed by atoms with Gasteiger partial charge in [0, 0.05) is 48.9 Å². The molecule has 0 unspecified atom stereocenters. The lowest BCUT2D eigenvalue weighted by atomic mass is 9.76. The molecular formula is C29H33FN10O2. The lowest BCUT2D eigenvalue weighted by Crippen LogP contribution is -2.50. The Morgan fingerprint density at radius 3 is 2.62 bits per heavy atom. The molecule has 0 bridgehead atoms. The fourth-order valence-corrected chi connectivity index (χ4v) is 5.02. The van der Waals surface area contributed by atoms with Crippen molar-refractivity contribution >= 4 is 17.5 Å². The number of nitrogens with one attached hydrogen (secondary N) is 3. The minimum Gasteiger partial charge on any atom is -0.368 e. The molecule has 42 heavy (non-hydrogen) atoms. The van der Waals surface area contributed by atoms with Crippen molar-refractivity contribution < 1.29 is 13.9 Å². The summed E-state index contributed by atoms with van der Waals surface area (Å²) in [7, 11) is 1.58. The van der Waals surface area contributed by atoms with Crippen molar-refractivity contribution in [2.45, 2.75) is 57.1 Å². The van der Waals surface area contributed by atoms with E-state index in [-0.39, 0.29) is 17.9 Å². The lowest BCUT2D eigenvalue weighted by Gasteiger charge is -2.38. The highest BCUT2D eigenvalue weighted by Gasteiger charge is 2.43. The summed E-state index contributed by atoms with van der Waals surface area (Å²) in [5.41, 5.74) is 1.65. The number of aromatic amines is 1. The molecule has 0 aromatic carbocycles. The van der Waals surface area contributed by atoms with Crippen molar-refractivity contribution in [3.05, 3.63) is 90.2 Å². The number of carbonyl (C=O) groups excluding carboxylic acids is 1. The van der Waals surface area contributed by atoms with Crippen molar-refractivity contribution in [1.29, 1.82) is 0 Å². The maximum atomic E-state index is 13.5. The molecule has 4 heterocycles. The van der Waals surface area contributed by atoms with Gasteiger partial charge < -0.3 is 15.4 Å². The summed E-state index contributed by atoms with van der Waals surface area (Å²) in [5.74, 6) is 1.20. The first-order valence-corrected chi connectivity index (χ1v) is 13.7. The van der Waals surface area contributed by atoms with Crippen LogP contribution < -0.4 is 10.6 Å². The standard InChI is InChI=1S/C29H33FN10O2/c1-19-15-26(39-38-19)37-25-10-14-33-32-13-4-5-24(36-25)21-8-11-29(42-3,12-9-21)28(41)35-20(2)22-6-7-27(31-16-22)40-18-23(30)17-34-40/h4-7,10,13-18,20-21H,8-9,11-12H2,1-3H3,(H,35,41)(H2,36,37,38,39)/t20-,21?,29?/m0/s1. The first-order chi connectivity index (χ1) is 20.3. The highest BCUT2D eigenvalue weighted by atomic mass is 19.1. The van der Waals surface area contributed by atoms with Crippen molar-refractivity contribution in [3.63, 3.8) is 0 Å². The molecular weight excluding hydrogens is 539 g/mol. The summed E-state index contributed by atoms with van der Waals surface area (Å²) >= 11 is 0. The molecule has 0 radical (unpaired) electrons. The number of H-pyrrole nitrogens is 1. The van der Waals surface area contributed by atoms with Crippen LogP contribution in [-0.4, -0.2) is 58.8 Å². The summed E-state index contributed by atoms with van der Waals surface area (Å²) in [4.78, 5) is 22.8. The van der Waals surface area contributed by atoms with Gasteiger partial charge in [0.05, 0.1) is 24.6 Å². The van der Waals surface area contributed by atoms with E-state index in [0.29, 0.717) is 43.1 Å². The molecule has 218 valence electrons. The molecule has 1 atom stereocenters. The zero-order valence-corrected chi connectivity index (χ0v) is 23.7. The molecule has 5 rings (SSSR count). The van der Waals surface area contributed by atoms with Gasteiger partial charge in [-0.05, 0) is 63.3 Å². The fourth-order valence-electron chi connectivity index (χ4n) is 5.02. The van der Waals surface area contributed by atoms with Crippen LogP contribution in [0.3, 0.4) is 0 Å². The first-order valence-electron chi connectivity index (χ1n) is 13.7. The Kier molecular flexibility index (Phi) is 8.77. The Bertz CT molecular complexity index is 1560. The number of anilines is 2. The van der Waals surface area contributed by atoms with Gasteiger partial charge in [-0.2, -0.15) is 20.4 Å². The largest absolute Gasteiger partial charge is 0.368 e. The minimum atomic E-state index is -0.956. The molecule has 0 saturated heterocycles. The maximum absolute atomic E-state index is 13.5. The average molecular weight is 573 g/mol. The third-order valence-electron chi connectivity index (χ3n) is 7.42. The topological polar surface area (TPSA) is 148 Å². The second-order valence-electron chi connectivity index (χ2n) is 10.3. The maximum Gasteiger partial charge on any atom is 0.252 e. The average Bonchev–Trinajstić information content (AvgIpc) is 3.63. The van der Waals surface area contributed by atoms with Crippen molar-refractivity contribution in [2.75, 3.05) is 12.4 Å². The van der Waals surface area contributed by atoms with E-state index in [4.69, 9.17) is 9.72 Å². The van der Waals surface area contributed by atoms with Gasteiger partial charge in [-0.1, -0.05) is 6.07 Å². The van der Waals surface area contributed by atoms with Crippen LogP contribution in [0.2, 0.25) is 0 Å². The van der Waals surface area contributed by atoms with Gasteiger partial charge in [0.1, 0.15) is 11.4 Å². The summed E-state index contributed by atoms with van der Waals surface area (Å²) in [6, 6.07) is 10.6. The monoisotopic (exact) mass is 572 g/mol. The summed E-state index contributed by atoms with van der Waals surface area (Å²) in [5, 5.41) is 25.4. The molecule has 1 aliphatic rings. The molecule has 13 heteroatoms. The van der Waals surface area contributed by atoms with Crippen LogP contribution >= 0.6 is 0 Å². The van der Waals surface area contributed by atoms with Crippen LogP contribution in [0.1, 0.15) is 61.5 Å². The number of pyridine rings is 1. The lowest BCUT2D eigenvalue weighted by molar-refractivity contribution is -0.148. The van der Waals surface area contributed by atoms with E-state index >= 15 is 0 Å². The van der Waals surface area contributed by atoms with E-state index < -0.39 is 11.4 Å². The third-order valence-corrected chi connectivity index (χ3v) is 7.42. The zero-order valence-electron chi connectivity index (χ0n) is 23.7. The molecule has 1 fully saturated rings. The van der Waals surface area contributed by atoms with Crippen molar-refractivity contribution in [2.24, 2.45) is 0 Å². The number of amides is 1. The van der Waals surface area contributed by atoms with Crippen LogP contribution in [0.25, 0.3) is 5.82 Å². The van der Waals surface area contributed by atoms with Crippen LogP contribution in [0.5, 0.6) is 0 Å². The molecule has 0 spiro atoms. The van der Waals surface area contributed by atoms with Gasteiger partial charge >= 0.3 is 0 Å². The molecule has 3 N–H and O–H groups in total. The van der Waals surface area contributed by atoms with E-state index in [0.717, 1.165) is 23.1 Å². The van der Waals surface area contributed by atoms with Crippen molar-refractivity contribution in [1.82, 2.24) is 45.5 Å². The van der Waals surface area contributed by atoms with Crippen molar-refractivity contribution in [3.8, 4) is 5.82 Å². The van der Waals surface area contributed by atoms with Gasteiger partial charge in [-0.25, -0.2) is 19.0 Å². The second kappa shape index (κ2) is 12.8. The van der Waals surface area contributed by atoms with Gasteiger partial charge in [-0.15, -0.1) is 0 Å². The molecule has 1 amide bonds. The predicted octanol–water partition coefficient (Wildman–Crippen LogP) is 4.41. The number of aromatic nitrogens is 8. The van der Waals surface area contributed by atoms with E-state index in [1.54, 1.807) is 37.8 Å². The van der Waals surface area contributed by atoms with Crippen LogP contribution in [0.15, 0.2) is 67.4 Å². The van der Waals surface area contributed by atoms with Gasteiger partial charge in [0.2, 0.25) is 0 Å². The Morgan fingerprint density at radius 1 is 1.14 bits per heavy atom. The Labute approximate surface area is 242 Å². The van der Waals surface area contributed by atoms with E-state index in [2.05, 4.69) is 41.1 Å². The highest BCUT2D eigenvalue weighted by Crippen LogP contribution is 2.39. The number of rotatable bonds is 8. The minimum absolute atomic E-state index is 0.106. The number of aryl methyl sites for hydroxylation is 1. The Morgan fingerprint density at radius 2 is 1.95 bits per heavy atom. The SMILES string of the molecule is COC1(C(=O)N[C@@H](C)c2ccc(-n3cc(F)cn3)nc2)CCC(c2cccnnccc(Nc3cc(C)[nH]n3)n2)CC1. The van der Waals surface area contributed by atoms with Crippen LogP contribution in [-0.2, 0) is 9.53 Å². The Balaban J connectivity index is 1.27. The highest BCUT2D eigenvalue weighted by molar-refractivity contribution is 5.85. The van der Waals surface area contributed by atoms with Gasteiger partial charge in [0.15, 0.2) is 17.5 Å². The number of carbonyl (C=O) groups is 1. The molecule has 1 saturated carbocycles. The number of hydrogen-bond donors (Lipinski definition) is 3. The van der Waals surface area contributed by atoms with E-state index in [1.807, 2.05) is 38.1 Å². The summed E-state index contributed by atoms with van der Waals surface area (Å²) < 4.78 is 20.5. The number of hydrogen-bond acceptors (Lipinski definition) is 9. The summed E-state index contributed by atoms with van der Waals surface area (Å²) in [6.07, 6.45) is 9.68. The summed E-state index contributed by atoms with van der Waals surface area (Å²) in [6.45, 7) is 3.82.